The van der Waals surface area contributed by atoms with Crippen molar-refractivity contribution in [1.82, 2.24) is 5.48 Å². The number of carbonyl (C=O) groups excluding carboxylic acids is 1. The Balaban J connectivity index is 1.39. The van der Waals surface area contributed by atoms with Crippen molar-refractivity contribution in [2.45, 2.75) is 25.2 Å². The van der Waals surface area contributed by atoms with Crippen LogP contribution in [-0.4, -0.2) is 24.9 Å². The molecule has 0 aliphatic carbocycles. The summed E-state index contributed by atoms with van der Waals surface area (Å²) in [5.74, 6) is 0.513. The average molecular weight is 451 g/mol. The van der Waals surface area contributed by atoms with Crippen LogP contribution >= 0.6 is 0 Å². The zero-order valence-corrected chi connectivity index (χ0v) is 17.5. The van der Waals surface area contributed by atoms with Gasteiger partial charge in [-0.2, -0.15) is 13.2 Å². The first kappa shape index (κ1) is 21.2. The fourth-order valence-corrected chi connectivity index (χ4v) is 4.18. The fourth-order valence-electron chi connectivity index (χ4n) is 4.18. The number of carbonyl (C=O) groups is 1. The van der Waals surface area contributed by atoms with Gasteiger partial charge in [-0.05, 0) is 78.1 Å². The van der Waals surface area contributed by atoms with Crippen LogP contribution in [0.4, 0.5) is 24.5 Å². The molecule has 2 heterocycles. The van der Waals surface area contributed by atoms with Crippen molar-refractivity contribution in [1.29, 1.82) is 0 Å². The van der Waals surface area contributed by atoms with Crippen LogP contribution in [0.25, 0.3) is 11.1 Å². The standard InChI is InChI=1S/C25H20F3N3O2/c26-25(27,28)20-8-3-16(4-9-20)18-7-12-22-19(14-18)2-1-13-31(22)21-10-5-17(6-11-21)24-29-23(15-32)33-30-24/h3-12,14-15,23H,1-2,13H2,(H,29,30). The summed E-state index contributed by atoms with van der Waals surface area (Å²) in [5, 5.41) is 0. The summed E-state index contributed by atoms with van der Waals surface area (Å²) in [6, 6.07) is 19.1. The molecule has 2 aliphatic rings. The molecular weight excluding hydrogens is 431 g/mol. The van der Waals surface area contributed by atoms with E-state index in [0.717, 1.165) is 65.1 Å². The lowest BCUT2D eigenvalue weighted by Crippen LogP contribution is -2.24. The van der Waals surface area contributed by atoms with Gasteiger partial charge in [0.05, 0.1) is 5.56 Å². The zero-order chi connectivity index (χ0) is 23.0. The first-order valence-corrected chi connectivity index (χ1v) is 10.6. The van der Waals surface area contributed by atoms with E-state index in [9.17, 15) is 18.0 Å². The molecule has 0 saturated carbocycles. The molecule has 1 atom stereocenters. The Morgan fingerprint density at radius 3 is 2.33 bits per heavy atom. The predicted molar refractivity (Wildman–Crippen MR) is 119 cm³/mol. The first-order valence-electron chi connectivity index (χ1n) is 10.6. The number of aliphatic imine (C=N–C) groups is 1. The molecule has 168 valence electrons. The SMILES string of the molecule is O=CC1N=C(c2ccc(N3CCCc4cc(-c5ccc(C(F)(F)F)cc5)ccc43)cc2)NO1. The second-order valence-corrected chi connectivity index (χ2v) is 7.94. The lowest BCUT2D eigenvalue weighted by atomic mass is 9.95. The summed E-state index contributed by atoms with van der Waals surface area (Å²) in [5.41, 5.74) is 7.76. The number of hydrogen-bond acceptors (Lipinski definition) is 5. The lowest BCUT2D eigenvalue weighted by Gasteiger charge is -2.32. The molecule has 0 amide bonds. The number of anilines is 2. The highest BCUT2D eigenvalue weighted by Crippen LogP contribution is 2.37. The molecule has 8 heteroatoms. The number of amidine groups is 1. The summed E-state index contributed by atoms with van der Waals surface area (Å²) in [7, 11) is 0. The van der Waals surface area contributed by atoms with Gasteiger partial charge < -0.3 is 4.90 Å². The van der Waals surface area contributed by atoms with E-state index in [-0.39, 0.29) is 0 Å². The number of hydrogen-bond donors (Lipinski definition) is 1. The van der Waals surface area contributed by atoms with Crippen LogP contribution in [0.15, 0.2) is 71.7 Å². The van der Waals surface area contributed by atoms with E-state index in [1.54, 1.807) is 0 Å². The number of aryl methyl sites for hydroxylation is 1. The number of nitrogens with zero attached hydrogens (tertiary/aromatic N) is 2. The minimum Gasteiger partial charge on any atom is -0.341 e. The maximum atomic E-state index is 12.9. The van der Waals surface area contributed by atoms with Crippen molar-refractivity contribution in [3.63, 3.8) is 0 Å². The molecule has 3 aromatic carbocycles. The maximum Gasteiger partial charge on any atom is 0.416 e. The molecule has 5 rings (SSSR count). The highest BCUT2D eigenvalue weighted by Gasteiger charge is 2.30. The molecule has 0 spiro atoms. The van der Waals surface area contributed by atoms with Gasteiger partial charge >= 0.3 is 6.18 Å². The molecular formula is C25H20F3N3O2. The van der Waals surface area contributed by atoms with Gasteiger partial charge in [0.1, 0.15) is 0 Å². The van der Waals surface area contributed by atoms with Crippen LogP contribution in [0.5, 0.6) is 0 Å². The average Bonchev–Trinajstić information content (AvgIpc) is 3.32. The van der Waals surface area contributed by atoms with E-state index >= 15 is 0 Å². The van der Waals surface area contributed by atoms with Gasteiger partial charge in [0.2, 0.25) is 6.23 Å². The second kappa shape index (κ2) is 8.37. The number of nitrogens with one attached hydrogen (secondary N) is 1. The Hall–Kier alpha value is -3.65. The summed E-state index contributed by atoms with van der Waals surface area (Å²) < 4.78 is 38.6. The largest absolute Gasteiger partial charge is 0.416 e. The lowest BCUT2D eigenvalue weighted by molar-refractivity contribution is -0.137. The van der Waals surface area contributed by atoms with Crippen LogP contribution in [0, 0.1) is 0 Å². The Morgan fingerprint density at radius 2 is 1.67 bits per heavy atom. The van der Waals surface area contributed by atoms with Crippen LogP contribution in [0.3, 0.4) is 0 Å². The minimum absolute atomic E-state index is 0.513. The van der Waals surface area contributed by atoms with Crippen LogP contribution in [0.2, 0.25) is 0 Å². The Bertz CT molecular complexity index is 1210. The molecule has 5 nitrogen and oxygen atoms in total. The highest BCUT2D eigenvalue weighted by atomic mass is 19.4. The van der Waals surface area contributed by atoms with E-state index in [1.807, 2.05) is 36.4 Å². The monoisotopic (exact) mass is 451 g/mol. The molecule has 3 aromatic rings. The summed E-state index contributed by atoms with van der Waals surface area (Å²) in [6.07, 6.45) is -2.67. The number of halogens is 3. The third-order valence-corrected chi connectivity index (χ3v) is 5.85. The van der Waals surface area contributed by atoms with Crippen LogP contribution < -0.4 is 10.4 Å². The first-order chi connectivity index (χ1) is 15.9. The Morgan fingerprint density at radius 1 is 0.970 bits per heavy atom. The van der Waals surface area contributed by atoms with Crippen LogP contribution in [-0.2, 0) is 22.2 Å². The number of fused-ring (bicyclic) bond motifs is 1. The molecule has 1 N–H and O–H groups in total. The number of benzene rings is 3. The molecule has 0 bridgehead atoms. The van der Waals surface area contributed by atoms with Crippen molar-refractivity contribution in [3.8, 4) is 11.1 Å². The molecule has 2 aliphatic heterocycles. The van der Waals surface area contributed by atoms with Gasteiger partial charge in [0.25, 0.3) is 0 Å². The third kappa shape index (κ3) is 4.21. The summed E-state index contributed by atoms with van der Waals surface area (Å²) in [4.78, 5) is 22.2. The second-order valence-electron chi connectivity index (χ2n) is 7.94. The van der Waals surface area contributed by atoms with Crippen molar-refractivity contribution in [2.24, 2.45) is 4.99 Å². The topological polar surface area (TPSA) is 53.9 Å². The predicted octanol–water partition coefficient (Wildman–Crippen LogP) is 5.26. The van der Waals surface area contributed by atoms with Crippen molar-refractivity contribution < 1.29 is 22.8 Å². The van der Waals surface area contributed by atoms with E-state index < -0.39 is 18.0 Å². The number of rotatable bonds is 4. The molecule has 1 unspecified atom stereocenters. The van der Waals surface area contributed by atoms with Gasteiger partial charge in [-0.1, -0.05) is 18.2 Å². The molecule has 0 saturated heterocycles. The molecule has 0 fully saturated rings. The summed E-state index contributed by atoms with van der Waals surface area (Å²) >= 11 is 0. The number of hydroxylamine groups is 1. The minimum atomic E-state index is -4.34. The number of aldehydes is 1. The van der Waals surface area contributed by atoms with Crippen molar-refractivity contribution in [2.75, 3.05) is 11.4 Å². The quantitative estimate of drug-likeness (QED) is 0.550. The highest BCUT2D eigenvalue weighted by molar-refractivity contribution is 6.00. The van der Waals surface area contributed by atoms with Gasteiger partial charge in [0, 0.05) is 23.5 Å². The van der Waals surface area contributed by atoms with E-state index in [0.29, 0.717) is 12.1 Å². The zero-order valence-electron chi connectivity index (χ0n) is 17.5. The van der Waals surface area contributed by atoms with Crippen LogP contribution in [0.1, 0.15) is 23.1 Å². The molecule has 33 heavy (non-hydrogen) atoms. The summed E-state index contributed by atoms with van der Waals surface area (Å²) in [6.45, 7) is 0.863. The number of alkyl halides is 3. The van der Waals surface area contributed by atoms with Crippen molar-refractivity contribution in [3.05, 3.63) is 83.4 Å². The molecule has 0 aromatic heterocycles. The maximum absolute atomic E-state index is 12.9. The van der Waals surface area contributed by atoms with Gasteiger partial charge in [-0.15, -0.1) is 0 Å². The normalized spacial score (nSPS) is 17.8. The van der Waals surface area contributed by atoms with Gasteiger partial charge in [-0.3, -0.25) is 4.79 Å². The third-order valence-electron chi connectivity index (χ3n) is 5.85. The van der Waals surface area contributed by atoms with Crippen molar-refractivity contribution >= 4 is 23.5 Å². The molecule has 0 radical (unpaired) electrons. The van der Waals surface area contributed by atoms with E-state index in [1.165, 1.54) is 12.1 Å². The van der Waals surface area contributed by atoms with Gasteiger partial charge in [-0.25, -0.2) is 15.3 Å². The van der Waals surface area contributed by atoms with Gasteiger partial charge in [0.15, 0.2) is 12.1 Å². The Kier molecular flexibility index (Phi) is 5.38. The Labute approximate surface area is 188 Å². The van der Waals surface area contributed by atoms with E-state index in [4.69, 9.17) is 4.84 Å². The fraction of sp³-hybridized carbons (Fsp3) is 0.200. The smallest absolute Gasteiger partial charge is 0.341 e. The van der Waals surface area contributed by atoms with E-state index in [2.05, 4.69) is 21.4 Å².